The molecule has 196 valence electrons. The molecule has 2 aromatic heterocycles. The molecule has 0 spiro atoms. The van der Waals surface area contributed by atoms with Gasteiger partial charge in [-0.25, -0.2) is 4.79 Å². The fourth-order valence-corrected chi connectivity index (χ4v) is 6.09. The molecular weight excluding hydrogens is 512 g/mol. The van der Waals surface area contributed by atoms with Gasteiger partial charge in [0.25, 0.3) is 0 Å². The minimum absolute atomic E-state index is 0.111. The van der Waals surface area contributed by atoms with Crippen LogP contribution < -0.4 is 14.8 Å². The zero-order valence-corrected chi connectivity index (χ0v) is 22.6. The van der Waals surface area contributed by atoms with Gasteiger partial charge in [0.05, 0.1) is 25.0 Å². The summed E-state index contributed by atoms with van der Waals surface area (Å²) in [5, 5.41) is 12.6. The Kier molecular flexibility index (Phi) is 9.24. The van der Waals surface area contributed by atoms with E-state index < -0.39 is 0 Å². The molecule has 2 heterocycles. The van der Waals surface area contributed by atoms with Crippen molar-refractivity contribution in [1.29, 1.82) is 0 Å². The van der Waals surface area contributed by atoms with E-state index >= 15 is 0 Å². The molecule has 1 aliphatic carbocycles. The standard InChI is InChI=1S/C26H30N4O5S2/c1-4-14-30-21(15-35-18-12-10-17(33-3)11-13-18)28-29-26(30)36-16-22(31)27-24-23(25(32)34-5-2)19-8-6-7-9-20(19)37-24/h4,10-13H,1,5-9,14-16H2,2-3H3,(H,27,31). The van der Waals surface area contributed by atoms with Gasteiger partial charge >= 0.3 is 5.97 Å². The molecule has 1 aromatic carbocycles. The molecule has 1 aliphatic rings. The maximum atomic E-state index is 12.9. The highest BCUT2D eigenvalue weighted by Crippen LogP contribution is 2.38. The molecule has 0 aliphatic heterocycles. The number of benzene rings is 1. The van der Waals surface area contributed by atoms with Crippen LogP contribution in [0.4, 0.5) is 5.00 Å². The van der Waals surface area contributed by atoms with Crippen molar-refractivity contribution in [3.8, 4) is 11.5 Å². The molecule has 0 saturated heterocycles. The molecule has 4 rings (SSSR count). The summed E-state index contributed by atoms with van der Waals surface area (Å²) >= 11 is 2.74. The molecule has 0 atom stereocenters. The van der Waals surface area contributed by atoms with Gasteiger partial charge in [0.2, 0.25) is 5.91 Å². The minimum Gasteiger partial charge on any atom is -0.497 e. The smallest absolute Gasteiger partial charge is 0.341 e. The Bertz CT molecular complexity index is 1250. The molecule has 0 saturated carbocycles. The van der Waals surface area contributed by atoms with Crippen molar-refractivity contribution < 1.29 is 23.8 Å². The number of rotatable bonds is 12. The lowest BCUT2D eigenvalue weighted by Gasteiger charge is -2.12. The van der Waals surface area contributed by atoms with Crippen molar-refractivity contribution >= 4 is 40.0 Å². The quantitative estimate of drug-likeness (QED) is 0.196. The molecule has 0 radical (unpaired) electrons. The largest absolute Gasteiger partial charge is 0.497 e. The van der Waals surface area contributed by atoms with Crippen molar-refractivity contribution in [1.82, 2.24) is 14.8 Å². The summed E-state index contributed by atoms with van der Waals surface area (Å²) in [5.74, 6) is 1.55. The van der Waals surface area contributed by atoms with Gasteiger partial charge in [-0.1, -0.05) is 17.8 Å². The van der Waals surface area contributed by atoms with Gasteiger partial charge in [0.1, 0.15) is 23.1 Å². The number of nitrogens with zero attached hydrogens (tertiary/aromatic N) is 3. The third kappa shape index (κ3) is 6.53. The summed E-state index contributed by atoms with van der Waals surface area (Å²) in [4.78, 5) is 26.7. The number of fused-ring (bicyclic) bond motifs is 1. The number of carbonyl (C=O) groups is 2. The van der Waals surface area contributed by atoms with Crippen LogP contribution in [0.2, 0.25) is 0 Å². The molecular formula is C26H30N4O5S2. The van der Waals surface area contributed by atoms with Crippen LogP contribution in [0, 0.1) is 0 Å². The molecule has 0 bridgehead atoms. The van der Waals surface area contributed by atoms with Crippen LogP contribution in [0.1, 0.15) is 46.4 Å². The molecule has 37 heavy (non-hydrogen) atoms. The highest BCUT2D eigenvalue weighted by molar-refractivity contribution is 7.99. The molecule has 0 unspecified atom stereocenters. The Morgan fingerprint density at radius 2 is 1.95 bits per heavy atom. The molecule has 1 N–H and O–H groups in total. The number of amides is 1. The number of hydrogen-bond acceptors (Lipinski definition) is 9. The van der Waals surface area contributed by atoms with Crippen molar-refractivity contribution in [2.45, 2.75) is 50.9 Å². The maximum Gasteiger partial charge on any atom is 0.341 e. The zero-order chi connectivity index (χ0) is 26.2. The first-order valence-corrected chi connectivity index (χ1v) is 13.9. The second kappa shape index (κ2) is 12.8. The lowest BCUT2D eigenvalue weighted by atomic mass is 9.95. The third-order valence-electron chi connectivity index (χ3n) is 5.77. The van der Waals surface area contributed by atoms with E-state index in [0.717, 1.165) is 41.9 Å². The summed E-state index contributed by atoms with van der Waals surface area (Å²) in [6, 6.07) is 7.28. The molecule has 9 nitrogen and oxygen atoms in total. The van der Waals surface area contributed by atoms with E-state index in [4.69, 9.17) is 14.2 Å². The van der Waals surface area contributed by atoms with Crippen LogP contribution in [0.3, 0.4) is 0 Å². The molecule has 0 fully saturated rings. The highest BCUT2D eigenvalue weighted by Gasteiger charge is 2.27. The molecule has 3 aromatic rings. The van der Waals surface area contributed by atoms with Crippen LogP contribution in [0.15, 0.2) is 42.1 Å². The Hall–Kier alpha value is -3.31. The van der Waals surface area contributed by atoms with Crippen molar-refractivity contribution in [2.24, 2.45) is 0 Å². The number of thiophene rings is 1. The van der Waals surface area contributed by atoms with E-state index in [0.29, 0.717) is 33.8 Å². The van der Waals surface area contributed by atoms with Crippen LogP contribution in [0.25, 0.3) is 0 Å². The summed E-state index contributed by atoms with van der Waals surface area (Å²) in [5.41, 5.74) is 1.53. The average molecular weight is 543 g/mol. The van der Waals surface area contributed by atoms with Gasteiger partial charge in [-0.05, 0) is 62.4 Å². The Balaban J connectivity index is 1.41. The van der Waals surface area contributed by atoms with Gasteiger partial charge in [-0.2, -0.15) is 0 Å². The monoisotopic (exact) mass is 542 g/mol. The van der Waals surface area contributed by atoms with E-state index in [2.05, 4.69) is 22.1 Å². The van der Waals surface area contributed by atoms with Crippen molar-refractivity contribution in [2.75, 3.05) is 24.8 Å². The number of hydrogen-bond donors (Lipinski definition) is 1. The summed E-state index contributed by atoms with van der Waals surface area (Å²) in [6.07, 6.45) is 5.61. The molecule has 1 amide bonds. The number of methoxy groups -OCH3 is 1. The Morgan fingerprint density at radius 1 is 1.19 bits per heavy atom. The van der Waals surface area contributed by atoms with Crippen LogP contribution >= 0.6 is 23.1 Å². The first-order chi connectivity index (χ1) is 18.0. The number of allylic oxidation sites excluding steroid dienone is 1. The number of aryl methyl sites for hydroxylation is 1. The van der Waals surface area contributed by atoms with E-state index in [-0.39, 0.29) is 30.8 Å². The average Bonchev–Trinajstić information content (AvgIpc) is 3.47. The van der Waals surface area contributed by atoms with Crippen LogP contribution in [-0.2, 0) is 35.5 Å². The van der Waals surface area contributed by atoms with E-state index in [9.17, 15) is 9.59 Å². The number of thioether (sulfide) groups is 1. The van der Waals surface area contributed by atoms with Crippen molar-refractivity contribution in [3.05, 3.63) is 58.7 Å². The summed E-state index contributed by atoms with van der Waals surface area (Å²) in [7, 11) is 1.61. The molecule has 11 heteroatoms. The summed E-state index contributed by atoms with van der Waals surface area (Å²) < 4.78 is 18.2. The van der Waals surface area contributed by atoms with Gasteiger partial charge < -0.3 is 19.5 Å². The Morgan fingerprint density at radius 3 is 2.68 bits per heavy atom. The van der Waals surface area contributed by atoms with E-state index in [1.165, 1.54) is 23.1 Å². The zero-order valence-electron chi connectivity index (χ0n) is 21.0. The number of anilines is 1. The van der Waals surface area contributed by atoms with Crippen molar-refractivity contribution in [3.63, 3.8) is 0 Å². The SMILES string of the molecule is C=CCn1c(COc2ccc(OC)cc2)nnc1SCC(=O)Nc1sc2c(c1C(=O)OCC)CCCC2. The predicted molar refractivity (Wildman–Crippen MR) is 144 cm³/mol. The predicted octanol–water partition coefficient (Wildman–Crippen LogP) is 4.90. The first kappa shape index (κ1) is 26.7. The van der Waals surface area contributed by atoms with Gasteiger partial charge in [-0.15, -0.1) is 28.1 Å². The number of nitrogens with one attached hydrogen (secondary N) is 1. The number of aromatic nitrogens is 3. The maximum absolute atomic E-state index is 12.9. The summed E-state index contributed by atoms with van der Waals surface area (Å²) in [6.45, 7) is 6.57. The normalized spacial score (nSPS) is 12.5. The lowest BCUT2D eigenvalue weighted by Crippen LogP contribution is -2.17. The highest BCUT2D eigenvalue weighted by atomic mass is 32.2. The lowest BCUT2D eigenvalue weighted by molar-refractivity contribution is -0.113. The van der Waals surface area contributed by atoms with Crippen LogP contribution in [-0.4, -0.2) is 46.1 Å². The number of carbonyl (C=O) groups excluding carboxylic acids is 2. The fraction of sp³-hybridized carbons (Fsp3) is 0.385. The van der Waals surface area contributed by atoms with Crippen LogP contribution in [0.5, 0.6) is 11.5 Å². The first-order valence-electron chi connectivity index (χ1n) is 12.1. The topological polar surface area (TPSA) is 105 Å². The Labute approximate surface area is 224 Å². The van der Waals surface area contributed by atoms with Gasteiger partial charge in [0, 0.05) is 11.4 Å². The van der Waals surface area contributed by atoms with Gasteiger partial charge in [-0.3, -0.25) is 9.36 Å². The second-order valence-corrected chi connectivity index (χ2v) is 10.3. The van der Waals surface area contributed by atoms with E-state index in [1.54, 1.807) is 20.1 Å². The van der Waals surface area contributed by atoms with E-state index in [1.807, 2.05) is 28.8 Å². The second-order valence-electron chi connectivity index (χ2n) is 8.23. The fourth-order valence-electron chi connectivity index (χ4n) is 4.03. The number of esters is 1. The number of ether oxygens (including phenoxy) is 3. The minimum atomic E-state index is -0.378. The van der Waals surface area contributed by atoms with Gasteiger partial charge in [0.15, 0.2) is 11.0 Å². The third-order valence-corrected chi connectivity index (χ3v) is 7.94.